The van der Waals surface area contributed by atoms with Crippen molar-refractivity contribution in [2.75, 3.05) is 0 Å². The number of nitrogens with two attached hydrogens (primary N) is 1. The molecule has 0 amide bonds. The zero-order valence-electron chi connectivity index (χ0n) is 11.9. The molecule has 0 atom stereocenters. The van der Waals surface area contributed by atoms with Crippen LogP contribution in [-0.2, 0) is 10.0 Å². The van der Waals surface area contributed by atoms with Crippen molar-refractivity contribution in [3.05, 3.63) is 30.1 Å². The van der Waals surface area contributed by atoms with Gasteiger partial charge in [0.15, 0.2) is 0 Å². The molecule has 7 heteroatoms. The predicted molar refractivity (Wildman–Crippen MR) is 79.0 cm³/mol. The lowest BCUT2D eigenvalue weighted by Gasteiger charge is -2.38. The van der Waals surface area contributed by atoms with Gasteiger partial charge in [0.2, 0.25) is 10.0 Å². The Balaban J connectivity index is 2.30. The molecular weight excluding hydrogens is 293 g/mol. The Morgan fingerprint density at radius 2 is 2.05 bits per heavy atom. The van der Waals surface area contributed by atoms with E-state index in [-0.39, 0.29) is 10.7 Å². The quantitative estimate of drug-likeness (QED) is 0.586. The summed E-state index contributed by atoms with van der Waals surface area (Å²) in [4.78, 5) is -0.151. The first-order valence-electron chi connectivity index (χ1n) is 6.89. The van der Waals surface area contributed by atoms with Crippen LogP contribution >= 0.6 is 0 Å². The topological polar surface area (TPSA) is 96.0 Å². The van der Waals surface area contributed by atoms with Crippen molar-refractivity contribution in [2.24, 2.45) is 11.7 Å². The van der Waals surface area contributed by atoms with E-state index in [0.717, 1.165) is 18.9 Å². The molecule has 0 saturated heterocycles. The molecule has 1 aliphatic carbocycles. The van der Waals surface area contributed by atoms with Crippen LogP contribution in [0.1, 0.15) is 32.6 Å². The van der Waals surface area contributed by atoms with E-state index < -0.39 is 21.4 Å². The Labute approximate surface area is 124 Å². The number of halogens is 1. The van der Waals surface area contributed by atoms with Crippen LogP contribution in [0, 0.1) is 17.1 Å². The summed E-state index contributed by atoms with van der Waals surface area (Å²) in [5.41, 5.74) is 4.59. The minimum atomic E-state index is -3.91. The van der Waals surface area contributed by atoms with Gasteiger partial charge in [-0.25, -0.2) is 12.8 Å². The Morgan fingerprint density at radius 3 is 2.57 bits per heavy atom. The number of hydrogen-bond acceptors (Lipinski definition) is 3. The van der Waals surface area contributed by atoms with Crippen molar-refractivity contribution in [3.8, 4) is 0 Å². The Morgan fingerprint density at radius 1 is 1.43 bits per heavy atom. The zero-order chi connectivity index (χ0) is 15.7. The average molecular weight is 313 g/mol. The normalized spacial score (nSPS) is 26.5. The van der Waals surface area contributed by atoms with Crippen molar-refractivity contribution in [3.63, 3.8) is 0 Å². The maximum absolute atomic E-state index is 13.2. The predicted octanol–water partition coefficient (Wildman–Crippen LogP) is 1.99. The first kappa shape index (κ1) is 15.9. The molecule has 0 bridgehead atoms. The average Bonchev–Trinajstić information content (AvgIpc) is 2.41. The van der Waals surface area contributed by atoms with Gasteiger partial charge in [0.25, 0.3) is 0 Å². The second kappa shape index (κ2) is 5.73. The summed E-state index contributed by atoms with van der Waals surface area (Å²) in [6, 6.07) is 4.81. The van der Waals surface area contributed by atoms with Crippen LogP contribution in [0.15, 0.2) is 29.2 Å². The first-order chi connectivity index (χ1) is 9.75. The summed E-state index contributed by atoms with van der Waals surface area (Å²) < 4.78 is 40.6. The van der Waals surface area contributed by atoms with E-state index >= 15 is 0 Å². The van der Waals surface area contributed by atoms with E-state index in [2.05, 4.69) is 11.6 Å². The highest BCUT2D eigenvalue weighted by atomic mass is 32.2. The lowest BCUT2D eigenvalue weighted by atomic mass is 9.77. The monoisotopic (exact) mass is 313 g/mol. The van der Waals surface area contributed by atoms with Crippen molar-refractivity contribution < 1.29 is 12.8 Å². The summed E-state index contributed by atoms with van der Waals surface area (Å²) in [6.45, 7) is 2.09. The van der Waals surface area contributed by atoms with Gasteiger partial charge in [-0.3, -0.25) is 5.41 Å². The fourth-order valence-electron chi connectivity index (χ4n) is 2.63. The molecule has 5 nitrogen and oxygen atoms in total. The molecule has 1 aromatic carbocycles. The van der Waals surface area contributed by atoms with Gasteiger partial charge in [0.1, 0.15) is 11.7 Å². The number of benzene rings is 1. The van der Waals surface area contributed by atoms with E-state index in [4.69, 9.17) is 11.1 Å². The molecule has 0 radical (unpaired) electrons. The smallest absolute Gasteiger partial charge is 0.241 e. The highest BCUT2D eigenvalue weighted by molar-refractivity contribution is 7.89. The third-order valence-electron chi connectivity index (χ3n) is 4.08. The SMILES string of the molecule is CC1CCC(NS(=O)(=O)c2cccc(F)c2)(C(=N)N)CC1. The van der Waals surface area contributed by atoms with Gasteiger partial charge in [0.05, 0.1) is 10.4 Å². The molecule has 0 spiro atoms. The van der Waals surface area contributed by atoms with E-state index in [9.17, 15) is 12.8 Å². The van der Waals surface area contributed by atoms with Crippen molar-refractivity contribution >= 4 is 15.9 Å². The fourth-order valence-corrected chi connectivity index (χ4v) is 4.10. The van der Waals surface area contributed by atoms with Gasteiger partial charge in [-0.15, -0.1) is 0 Å². The molecular formula is C14H20FN3O2S. The highest BCUT2D eigenvalue weighted by Crippen LogP contribution is 2.33. The number of nitrogens with one attached hydrogen (secondary N) is 2. The van der Waals surface area contributed by atoms with E-state index in [1.807, 2.05) is 0 Å². The van der Waals surface area contributed by atoms with Crippen LogP contribution in [-0.4, -0.2) is 19.8 Å². The van der Waals surface area contributed by atoms with Crippen molar-refractivity contribution in [2.45, 2.75) is 43.0 Å². The minimum Gasteiger partial charge on any atom is -0.386 e. The third kappa shape index (κ3) is 3.41. The van der Waals surface area contributed by atoms with Gasteiger partial charge in [-0.2, -0.15) is 4.72 Å². The molecule has 2 rings (SSSR count). The molecule has 21 heavy (non-hydrogen) atoms. The molecule has 1 fully saturated rings. The van der Waals surface area contributed by atoms with Crippen LogP contribution in [0.3, 0.4) is 0 Å². The van der Waals surface area contributed by atoms with E-state index in [0.29, 0.717) is 18.8 Å². The largest absolute Gasteiger partial charge is 0.386 e. The van der Waals surface area contributed by atoms with Crippen LogP contribution in [0.25, 0.3) is 0 Å². The minimum absolute atomic E-state index is 0.151. The number of sulfonamides is 1. The van der Waals surface area contributed by atoms with Crippen LogP contribution in [0.5, 0.6) is 0 Å². The van der Waals surface area contributed by atoms with Crippen LogP contribution in [0.4, 0.5) is 4.39 Å². The summed E-state index contributed by atoms with van der Waals surface area (Å²) in [6.07, 6.45) is 2.56. The maximum atomic E-state index is 13.2. The third-order valence-corrected chi connectivity index (χ3v) is 5.61. The molecule has 0 heterocycles. The molecule has 4 N–H and O–H groups in total. The van der Waals surface area contributed by atoms with E-state index in [1.165, 1.54) is 18.2 Å². The highest BCUT2D eigenvalue weighted by Gasteiger charge is 2.40. The van der Waals surface area contributed by atoms with Crippen LogP contribution in [0.2, 0.25) is 0 Å². The lowest BCUT2D eigenvalue weighted by Crippen LogP contribution is -2.58. The summed E-state index contributed by atoms with van der Waals surface area (Å²) in [5.74, 6) is -0.322. The molecule has 1 aromatic rings. The fraction of sp³-hybridized carbons (Fsp3) is 0.500. The molecule has 116 valence electrons. The van der Waals surface area contributed by atoms with Gasteiger partial charge in [-0.1, -0.05) is 13.0 Å². The second-order valence-corrected chi connectivity index (χ2v) is 7.42. The molecule has 0 aromatic heterocycles. The number of amidine groups is 1. The molecule has 1 saturated carbocycles. The lowest BCUT2D eigenvalue weighted by molar-refractivity contribution is 0.285. The summed E-state index contributed by atoms with van der Waals surface area (Å²) in [5, 5.41) is 7.76. The van der Waals surface area contributed by atoms with Gasteiger partial charge in [-0.05, 0) is 49.8 Å². The molecule has 0 aliphatic heterocycles. The Bertz CT molecular complexity index is 637. The van der Waals surface area contributed by atoms with Crippen molar-refractivity contribution in [1.29, 1.82) is 5.41 Å². The Kier molecular flexibility index (Phi) is 4.34. The Hall–Kier alpha value is -1.47. The van der Waals surface area contributed by atoms with Crippen LogP contribution < -0.4 is 10.5 Å². The van der Waals surface area contributed by atoms with Gasteiger partial charge in [0, 0.05) is 0 Å². The standard InChI is InChI=1S/C14H20FN3O2S/c1-10-5-7-14(8-6-10,13(16)17)18-21(19,20)12-4-2-3-11(15)9-12/h2-4,9-10,18H,5-8H2,1H3,(H3,16,17). The first-order valence-corrected chi connectivity index (χ1v) is 8.37. The zero-order valence-corrected chi connectivity index (χ0v) is 12.7. The summed E-state index contributed by atoms with van der Waals surface area (Å²) >= 11 is 0. The summed E-state index contributed by atoms with van der Waals surface area (Å²) in [7, 11) is -3.91. The van der Waals surface area contributed by atoms with Gasteiger partial charge >= 0.3 is 0 Å². The molecule has 1 aliphatic rings. The second-order valence-electron chi connectivity index (χ2n) is 5.74. The maximum Gasteiger partial charge on any atom is 0.241 e. The molecule has 0 unspecified atom stereocenters. The van der Waals surface area contributed by atoms with Crippen molar-refractivity contribution in [1.82, 2.24) is 4.72 Å². The number of hydrogen-bond donors (Lipinski definition) is 3. The van der Waals surface area contributed by atoms with Gasteiger partial charge < -0.3 is 5.73 Å². The number of rotatable bonds is 4. The van der Waals surface area contributed by atoms with E-state index in [1.54, 1.807) is 0 Å².